The molecule has 5 rings (SSSR count). The van der Waals surface area contributed by atoms with Gasteiger partial charge in [-0.1, -0.05) is 12.1 Å². The number of allylic oxidation sites excluding steroid dienone is 1. The predicted molar refractivity (Wildman–Crippen MR) is 100 cm³/mol. The fraction of sp³-hybridized carbons (Fsp3) is 0.250. The molecule has 2 aliphatic rings. The number of benzene rings is 2. The minimum absolute atomic E-state index is 0.0875. The smallest absolute Gasteiger partial charge is 0.132 e. The van der Waals surface area contributed by atoms with Crippen molar-refractivity contribution in [3.05, 3.63) is 70.7 Å². The van der Waals surface area contributed by atoms with Crippen molar-refractivity contribution in [2.45, 2.75) is 25.9 Å². The van der Waals surface area contributed by atoms with Crippen molar-refractivity contribution < 1.29 is 4.39 Å². The van der Waals surface area contributed by atoms with Crippen molar-refractivity contribution in [3.8, 4) is 0 Å². The summed E-state index contributed by atoms with van der Waals surface area (Å²) < 4.78 is 15.1. The lowest BCUT2D eigenvalue weighted by atomic mass is 10.1. The van der Waals surface area contributed by atoms with E-state index < -0.39 is 0 Å². The maximum absolute atomic E-state index is 13.9. The van der Waals surface area contributed by atoms with Crippen LogP contribution < -0.4 is 4.90 Å². The Hall–Kier alpha value is -2.40. The maximum Gasteiger partial charge on any atom is 0.132 e. The molecule has 0 bridgehead atoms. The van der Waals surface area contributed by atoms with E-state index in [2.05, 4.69) is 39.2 Å². The molecule has 1 unspecified atom stereocenters. The summed E-state index contributed by atoms with van der Waals surface area (Å²) in [7, 11) is 0. The summed E-state index contributed by atoms with van der Waals surface area (Å²) in [4.78, 5) is 9.07. The molecule has 1 fully saturated rings. The molecule has 3 nitrogen and oxygen atoms in total. The Bertz CT molecular complexity index is 994. The summed E-state index contributed by atoms with van der Waals surface area (Å²) in [5.74, 6) is -0.192. The quantitative estimate of drug-likeness (QED) is 0.632. The highest BCUT2D eigenvalue weighted by atomic mass is 32.1. The Morgan fingerprint density at radius 3 is 3.04 bits per heavy atom. The zero-order valence-corrected chi connectivity index (χ0v) is 14.8. The van der Waals surface area contributed by atoms with Crippen molar-refractivity contribution in [2.75, 3.05) is 11.4 Å². The summed E-state index contributed by atoms with van der Waals surface area (Å²) in [6.45, 7) is 3.09. The van der Waals surface area contributed by atoms with Gasteiger partial charge in [-0.25, -0.2) is 9.37 Å². The Morgan fingerprint density at radius 2 is 2.12 bits per heavy atom. The van der Waals surface area contributed by atoms with Gasteiger partial charge in [0.25, 0.3) is 0 Å². The molecule has 0 N–H and O–H groups in total. The molecule has 0 radical (unpaired) electrons. The molecule has 1 aromatic heterocycles. The zero-order chi connectivity index (χ0) is 17.0. The van der Waals surface area contributed by atoms with Crippen molar-refractivity contribution in [3.63, 3.8) is 0 Å². The van der Waals surface area contributed by atoms with Gasteiger partial charge in [-0.3, -0.25) is 0 Å². The van der Waals surface area contributed by atoms with E-state index in [4.69, 9.17) is 0 Å². The fourth-order valence-electron chi connectivity index (χ4n) is 3.95. The Morgan fingerprint density at radius 1 is 1.20 bits per heavy atom. The molecule has 2 aliphatic heterocycles. The van der Waals surface area contributed by atoms with Crippen LogP contribution in [0.3, 0.4) is 0 Å². The van der Waals surface area contributed by atoms with E-state index in [1.165, 1.54) is 28.4 Å². The van der Waals surface area contributed by atoms with Crippen LogP contribution in [-0.2, 0) is 0 Å². The topological polar surface area (TPSA) is 19.4 Å². The first-order chi connectivity index (χ1) is 12.2. The first-order valence-electron chi connectivity index (χ1n) is 8.56. The van der Waals surface area contributed by atoms with Gasteiger partial charge in [-0.15, -0.1) is 11.3 Å². The molecule has 25 heavy (non-hydrogen) atoms. The number of fused-ring (bicyclic) bond motifs is 2. The molecule has 0 saturated carbocycles. The number of aromatic nitrogens is 1. The highest BCUT2D eigenvalue weighted by Crippen LogP contribution is 2.44. The summed E-state index contributed by atoms with van der Waals surface area (Å²) in [5.41, 5.74) is 7.53. The molecular weight excluding hydrogens is 333 g/mol. The Balaban J connectivity index is 1.65. The highest BCUT2D eigenvalue weighted by molar-refractivity contribution is 7.16. The molecule has 1 saturated heterocycles. The minimum atomic E-state index is -0.192. The number of thiazole rings is 1. The van der Waals surface area contributed by atoms with Crippen LogP contribution in [0.25, 0.3) is 10.2 Å². The van der Waals surface area contributed by atoms with Crippen LogP contribution in [-0.4, -0.2) is 16.4 Å². The number of hydrogen-bond acceptors (Lipinski definition) is 4. The van der Waals surface area contributed by atoms with Crippen LogP contribution in [0, 0.1) is 12.7 Å². The summed E-state index contributed by atoms with van der Waals surface area (Å²) in [5, 5.41) is 0. The monoisotopic (exact) mass is 351 g/mol. The maximum atomic E-state index is 13.9. The van der Waals surface area contributed by atoms with Gasteiger partial charge in [0.15, 0.2) is 0 Å². The zero-order valence-electron chi connectivity index (χ0n) is 13.9. The van der Waals surface area contributed by atoms with Gasteiger partial charge in [-0.2, -0.15) is 0 Å². The summed E-state index contributed by atoms with van der Waals surface area (Å²) >= 11 is 1.66. The summed E-state index contributed by atoms with van der Waals surface area (Å²) in [6.07, 6.45) is 4.56. The van der Waals surface area contributed by atoms with Gasteiger partial charge in [0.2, 0.25) is 0 Å². The highest BCUT2D eigenvalue weighted by Gasteiger charge is 2.37. The van der Waals surface area contributed by atoms with E-state index in [0.29, 0.717) is 0 Å². The second-order valence-corrected chi connectivity index (χ2v) is 7.60. The van der Waals surface area contributed by atoms with Gasteiger partial charge >= 0.3 is 0 Å². The van der Waals surface area contributed by atoms with E-state index in [9.17, 15) is 4.39 Å². The van der Waals surface area contributed by atoms with Crippen LogP contribution in [0.2, 0.25) is 0 Å². The molecule has 0 aliphatic carbocycles. The van der Waals surface area contributed by atoms with E-state index in [1.807, 2.05) is 18.5 Å². The number of nitrogens with zero attached hydrogens (tertiary/aromatic N) is 3. The molecule has 0 amide bonds. The van der Waals surface area contributed by atoms with E-state index >= 15 is 0 Å². The third kappa shape index (κ3) is 2.34. The lowest BCUT2D eigenvalue weighted by Crippen LogP contribution is -2.31. The number of hydrogen-bond donors (Lipinski definition) is 0. The number of anilines is 1. The molecule has 2 aromatic carbocycles. The molecule has 3 aromatic rings. The van der Waals surface area contributed by atoms with Crippen molar-refractivity contribution in [1.29, 1.82) is 0 Å². The normalized spacial score (nSPS) is 19.6. The predicted octanol–water partition coefficient (Wildman–Crippen LogP) is 5.20. The van der Waals surface area contributed by atoms with E-state index in [-0.39, 0.29) is 12.0 Å². The lowest BCUT2D eigenvalue weighted by Gasteiger charge is -2.33. The average Bonchev–Trinajstić information content (AvgIpc) is 3.30. The van der Waals surface area contributed by atoms with Crippen molar-refractivity contribution >= 4 is 27.2 Å². The first kappa shape index (κ1) is 14.9. The number of aryl methyl sites for hydroxylation is 1. The first-order valence-corrected chi connectivity index (χ1v) is 9.44. The van der Waals surface area contributed by atoms with Gasteiger partial charge in [0.1, 0.15) is 12.0 Å². The van der Waals surface area contributed by atoms with Gasteiger partial charge in [0.05, 0.1) is 15.7 Å². The third-order valence-corrected chi connectivity index (χ3v) is 5.94. The van der Waals surface area contributed by atoms with E-state index in [0.717, 1.165) is 29.7 Å². The molecular formula is C20H18FN3S. The van der Waals surface area contributed by atoms with Crippen molar-refractivity contribution in [2.24, 2.45) is 0 Å². The SMILES string of the molecule is Cc1ccc(F)cc1N1C=C2CCCN2C1c1ccc2ncsc2c1. The lowest BCUT2D eigenvalue weighted by molar-refractivity contribution is 0.319. The fourth-order valence-corrected chi connectivity index (χ4v) is 4.68. The molecule has 126 valence electrons. The van der Waals surface area contributed by atoms with Crippen molar-refractivity contribution in [1.82, 2.24) is 9.88 Å². The Kier molecular flexibility index (Phi) is 3.31. The van der Waals surface area contributed by atoms with Gasteiger partial charge in [-0.05, 0) is 55.2 Å². The number of halogens is 1. The van der Waals surface area contributed by atoms with Crippen LogP contribution >= 0.6 is 11.3 Å². The molecule has 5 heteroatoms. The minimum Gasteiger partial charge on any atom is -0.349 e. The standard InChI is InChI=1S/C20H18FN3S/c1-13-4-6-15(21)10-18(13)24-11-16-3-2-8-23(16)20(24)14-5-7-17-19(9-14)25-12-22-17/h4-7,9-12,20H,2-3,8H2,1H3. The van der Waals surface area contributed by atoms with Crippen LogP contribution in [0.4, 0.5) is 10.1 Å². The third-order valence-electron chi connectivity index (χ3n) is 5.15. The van der Waals surface area contributed by atoms with Gasteiger partial charge < -0.3 is 9.80 Å². The average molecular weight is 351 g/mol. The van der Waals surface area contributed by atoms with Gasteiger partial charge in [0, 0.05) is 24.1 Å². The molecule has 1 atom stereocenters. The van der Waals surface area contributed by atoms with Crippen LogP contribution in [0.15, 0.2) is 53.8 Å². The summed E-state index contributed by atoms with van der Waals surface area (Å²) in [6, 6.07) is 11.5. The molecule has 0 spiro atoms. The molecule has 3 heterocycles. The van der Waals surface area contributed by atoms with E-state index in [1.54, 1.807) is 17.4 Å². The second-order valence-electron chi connectivity index (χ2n) is 6.71. The second kappa shape index (κ2) is 5.56. The number of rotatable bonds is 2. The Labute approximate surface area is 150 Å². The largest absolute Gasteiger partial charge is 0.349 e. The van der Waals surface area contributed by atoms with Crippen LogP contribution in [0.1, 0.15) is 30.1 Å². The van der Waals surface area contributed by atoms with Crippen LogP contribution in [0.5, 0.6) is 0 Å².